The minimum Gasteiger partial charge on any atom is -0.341 e. The van der Waals surface area contributed by atoms with E-state index in [-0.39, 0.29) is 5.91 Å². The Morgan fingerprint density at radius 1 is 1.15 bits per heavy atom. The first-order valence-electron chi connectivity index (χ1n) is 8.72. The Kier molecular flexibility index (Phi) is 6.58. The Morgan fingerprint density at radius 2 is 1.89 bits per heavy atom. The van der Waals surface area contributed by atoms with Crippen molar-refractivity contribution in [2.24, 2.45) is 0 Å². The lowest BCUT2D eigenvalue weighted by atomic mass is 10.1. The molecule has 0 saturated heterocycles. The van der Waals surface area contributed by atoms with Gasteiger partial charge in [-0.25, -0.2) is 4.98 Å². The normalized spacial score (nSPS) is 10.8. The first-order valence-corrected chi connectivity index (χ1v) is 10.1. The minimum atomic E-state index is 0.0543. The van der Waals surface area contributed by atoms with Crippen molar-refractivity contribution in [3.63, 3.8) is 0 Å². The number of benzene rings is 2. The summed E-state index contributed by atoms with van der Waals surface area (Å²) in [6, 6.07) is 17.8. The van der Waals surface area contributed by atoms with Gasteiger partial charge < -0.3 is 9.88 Å². The first kappa shape index (κ1) is 19.5. The molecule has 0 spiro atoms. The van der Waals surface area contributed by atoms with Crippen LogP contribution in [0.25, 0.3) is 0 Å². The predicted molar refractivity (Wildman–Crippen MR) is 111 cm³/mol. The summed E-state index contributed by atoms with van der Waals surface area (Å²) in [5.74, 6) is 0.396. The molecule has 1 N–H and O–H groups in total. The smallest absolute Gasteiger partial charge is 0.233 e. The van der Waals surface area contributed by atoms with Crippen molar-refractivity contribution < 1.29 is 4.79 Å². The average molecular weight is 400 g/mol. The van der Waals surface area contributed by atoms with Gasteiger partial charge in [0.2, 0.25) is 5.91 Å². The summed E-state index contributed by atoms with van der Waals surface area (Å²) in [6.07, 6.45) is 0.784. The monoisotopic (exact) mass is 399 g/mol. The van der Waals surface area contributed by atoms with Gasteiger partial charge in [0.15, 0.2) is 5.16 Å². The molecule has 27 heavy (non-hydrogen) atoms. The van der Waals surface area contributed by atoms with Gasteiger partial charge >= 0.3 is 0 Å². The number of hydrogen-bond donors (Lipinski definition) is 1. The maximum absolute atomic E-state index is 12.4. The molecule has 1 amide bonds. The van der Waals surface area contributed by atoms with Crippen LogP contribution in [0.1, 0.15) is 22.5 Å². The highest BCUT2D eigenvalue weighted by molar-refractivity contribution is 7.99. The number of halogens is 1. The van der Waals surface area contributed by atoms with E-state index < -0.39 is 0 Å². The van der Waals surface area contributed by atoms with E-state index in [0.717, 1.165) is 28.5 Å². The topological polar surface area (TPSA) is 49.0 Å². The zero-order chi connectivity index (χ0) is 19.2. The molecule has 3 aromatic rings. The Bertz CT molecular complexity index is 911. The van der Waals surface area contributed by atoms with Gasteiger partial charge in [-0.05, 0) is 30.2 Å². The molecule has 1 aromatic heterocycles. The number of H-pyrrole nitrogens is 1. The van der Waals surface area contributed by atoms with Crippen molar-refractivity contribution in [3.05, 3.63) is 82.1 Å². The molecule has 0 aliphatic heterocycles. The highest BCUT2D eigenvalue weighted by atomic mass is 35.5. The van der Waals surface area contributed by atoms with E-state index in [1.807, 2.05) is 49.4 Å². The second-order valence-corrected chi connectivity index (χ2v) is 7.84. The number of aromatic amines is 1. The summed E-state index contributed by atoms with van der Waals surface area (Å²) in [6.45, 7) is 2.55. The van der Waals surface area contributed by atoms with Crippen LogP contribution in [0.15, 0.2) is 59.8 Å². The van der Waals surface area contributed by atoms with Crippen molar-refractivity contribution in [1.82, 2.24) is 14.9 Å². The molecule has 0 fully saturated rings. The number of thioether (sulfide) groups is 1. The zero-order valence-electron chi connectivity index (χ0n) is 15.4. The lowest BCUT2D eigenvalue weighted by Gasteiger charge is -2.16. The minimum absolute atomic E-state index is 0.0543. The molecule has 6 heteroatoms. The summed E-state index contributed by atoms with van der Waals surface area (Å²) < 4.78 is 0. The maximum Gasteiger partial charge on any atom is 0.233 e. The molecule has 0 atom stereocenters. The molecule has 0 aliphatic carbocycles. The van der Waals surface area contributed by atoms with E-state index >= 15 is 0 Å². The molecule has 0 bridgehead atoms. The number of nitrogens with zero attached hydrogens (tertiary/aromatic N) is 2. The molecular formula is C21H22ClN3OS. The van der Waals surface area contributed by atoms with E-state index in [1.54, 1.807) is 11.9 Å². The summed E-state index contributed by atoms with van der Waals surface area (Å²) in [4.78, 5) is 22.1. The molecule has 0 saturated carbocycles. The van der Waals surface area contributed by atoms with Gasteiger partial charge in [-0.2, -0.15) is 0 Å². The predicted octanol–water partition coefficient (Wildman–Crippen LogP) is 4.71. The fourth-order valence-electron chi connectivity index (χ4n) is 2.73. The maximum atomic E-state index is 12.4. The van der Waals surface area contributed by atoms with Crippen LogP contribution in [0.4, 0.5) is 0 Å². The average Bonchev–Trinajstić information content (AvgIpc) is 3.00. The lowest BCUT2D eigenvalue weighted by Crippen LogP contribution is -2.27. The van der Waals surface area contributed by atoms with Gasteiger partial charge in [-0.1, -0.05) is 65.8 Å². The Morgan fingerprint density at radius 3 is 2.63 bits per heavy atom. The van der Waals surface area contributed by atoms with Crippen LogP contribution >= 0.6 is 23.4 Å². The van der Waals surface area contributed by atoms with Gasteiger partial charge in [0.1, 0.15) is 0 Å². The third-order valence-corrected chi connectivity index (χ3v) is 5.34. The van der Waals surface area contributed by atoms with E-state index in [2.05, 4.69) is 22.1 Å². The third-order valence-electron chi connectivity index (χ3n) is 4.25. The Hall–Kier alpha value is -2.24. The number of hydrogen-bond acceptors (Lipinski definition) is 3. The number of imidazole rings is 1. The standard InChI is InChI=1S/C21H22ClN3OS/c1-15-19(12-16-7-4-3-5-8-16)24-21(23-15)27-14-20(26)25(2)13-17-9-6-10-18(22)11-17/h3-11H,12-14H2,1-2H3,(H,23,24). The summed E-state index contributed by atoms with van der Waals surface area (Å²) >= 11 is 7.44. The second kappa shape index (κ2) is 9.11. The number of carbonyl (C=O) groups excluding carboxylic acids is 1. The number of aromatic nitrogens is 2. The van der Waals surface area contributed by atoms with E-state index in [9.17, 15) is 4.79 Å². The molecule has 140 valence electrons. The largest absolute Gasteiger partial charge is 0.341 e. The van der Waals surface area contributed by atoms with Crippen LogP contribution in [0.5, 0.6) is 0 Å². The van der Waals surface area contributed by atoms with E-state index in [4.69, 9.17) is 11.6 Å². The Balaban J connectivity index is 1.55. The molecule has 3 rings (SSSR count). The first-order chi connectivity index (χ1) is 13.0. The van der Waals surface area contributed by atoms with Crippen molar-refractivity contribution in [3.8, 4) is 0 Å². The van der Waals surface area contributed by atoms with Gasteiger partial charge in [0.25, 0.3) is 0 Å². The van der Waals surface area contributed by atoms with E-state index in [1.165, 1.54) is 17.3 Å². The van der Waals surface area contributed by atoms with Gasteiger partial charge in [-0.15, -0.1) is 0 Å². The summed E-state index contributed by atoms with van der Waals surface area (Å²) in [7, 11) is 1.80. The number of nitrogens with one attached hydrogen (secondary N) is 1. The summed E-state index contributed by atoms with van der Waals surface area (Å²) in [5, 5.41) is 1.46. The number of carbonyl (C=O) groups is 1. The van der Waals surface area contributed by atoms with Crippen molar-refractivity contribution in [2.75, 3.05) is 12.8 Å². The molecule has 2 aromatic carbocycles. The van der Waals surface area contributed by atoms with Crippen LogP contribution in [-0.4, -0.2) is 33.6 Å². The highest BCUT2D eigenvalue weighted by Gasteiger charge is 2.13. The molecule has 0 aliphatic rings. The molecule has 4 nitrogen and oxygen atoms in total. The number of aryl methyl sites for hydroxylation is 1. The van der Waals surface area contributed by atoms with Crippen LogP contribution in [0.2, 0.25) is 5.02 Å². The lowest BCUT2D eigenvalue weighted by molar-refractivity contribution is -0.127. The van der Waals surface area contributed by atoms with Crippen LogP contribution in [-0.2, 0) is 17.8 Å². The Labute approximate surface area is 169 Å². The van der Waals surface area contributed by atoms with Gasteiger partial charge in [-0.3, -0.25) is 4.79 Å². The van der Waals surface area contributed by atoms with Gasteiger partial charge in [0, 0.05) is 30.7 Å². The van der Waals surface area contributed by atoms with Crippen molar-refractivity contribution in [1.29, 1.82) is 0 Å². The third kappa shape index (κ3) is 5.62. The van der Waals surface area contributed by atoms with Crippen LogP contribution in [0.3, 0.4) is 0 Å². The fourth-order valence-corrected chi connectivity index (χ4v) is 3.83. The number of rotatable bonds is 7. The quantitative estimate of drug-likeness (QED) is 0.585. The SMILES string of the molecule is Cc1[nH]c(SCC(=O)N(C)Cc2cccc(Cl)c2)nc1Cc1ccccc1. The van der Waals surface area contributed by atoms with Gasteiger partial charge in [0.05, 0.1) is 11.4 Å². The van der Waals surface area contributed by atoms with Crippen molar-refractivity contribution in [2.45, 2.75) is 25.0 Å². The zero-order valence-corrected chi connectivity index (χ0v) is 17.0. The summed E-state index contributed by atoms with van der Waals surface area (Å²) in [5.41, 5.74) is 4.30. The molecular weight excluding hydrogens is 378 g/mol. The van der Waals surface area contributed by atoms with Crippen molar-refractivity contribution >= 4 is 29.3 Å². The van der Waals surface area contributed by atoms with Crippen LogP contribution in [0, 0.1) is 6.92 Å². The highest BCUT2D eigenvalue weighted by Crippen LogP contribution is 2.20. The fraction of sp³-hybridized carbons (Fsp3) is 0.238. The molecule has 0 radical (unpaired) electrons. The molecule has 1 heterocycles. The number of amides is 1. The van der Waals surface area contributed by atoms with E-state index in [0.29, 0.717) is 17.3 Å². The second-order valence-electron chi connectivity index (χ2n) is 6.44. The van der Waals surface area contributed by atoms with Crippen LogP contribution < -0.4 is 0 Å². The molecule has 0 unspecified atom stereocenters.